The van der Waals surface area contributed by atoms with Crippen molar-refractivity contribution in [2.75, 3.05) is 19.7 Å². The number of aliphatic hydroxyl groups excluding tert-OH is 1. The number of likely N-dealkylation sites (tertiary alicyclic amines) is 1. The van der Waals surface area contributed by atoms with E-state index in [2.05, 4.69) is 12.2 Å². The molecular weight excluding hydrogens is 204 g/mol. The average Bonchev–Trinajstić information content (AvgIpc) is 2.24. The van der Waals surface area contributed by atoms with Crippen LogP contribution >= 0.6 is 0 Å². The largest absolute Gasteiger partial charge is 0.394 e. The van der Waals surface area contributed by atoms with E-state index in [1.54, 1.807) is 0 Å². The first-order valence-corrected chi connectivity index (χ1v) is 6.33. The van der Waals surface area contributed by atoms with Crippen LogP contribution in [0.25, 0.3) is 0 Å². The third-order valence-electron chi connectivity index (χ3n) is 4.06. The molecule has 2 rings (SSSR count). The maximum Gasteiger partial charge on any atom is 0.317 e. The number of hydrogen-bond donors (Lipinski definition) is 2. The smallest absolute Gasteiger partial charge is 0.317 e. The van der Waals surface area contributed by atoms with Crippen LogP contribution in [0.1, 0.15) is 39.0 Å². The summed E-state index contributed by atoms with van der Waals surface area (Å²) in [7, 11) is 0. The number of nitrogens with zero attached hydrogens (tertiary/aromatic N) is 1. The Morgan fingerprint density at radius 3 is 2.50 bits per heavy atom. The monoisotopic (exact) mass is 226 g/mol. The summed E-state index contributed by atoms with van der Waals surface area (Å²) in [5.74, 6) is 0.736. The zero-order valence-electron chi connectivity index (χ0n) is 10.0. The number of amides is 2. The van der Waals surface area contributed by atoms with Gasteiger partial charge in [-0.15, -0.1) is 0 Å². The van der Waals surface area contributed by atoms with Gasteiger partial charge >= 0.3 is 6.03 Å². The van der Waals surface area contributed by atoms with E-state index in [0.717, 1.165) is 51.1 Å². The minimum Gasteiger partial charge on any atom is -0.394 e. The molecule has 0 aromatic heterocycles. The van der Waals surface area contributed by atoms with Crippen LogP contribution in [-0.2, 0) is 0 Å². The fraction of sp³-hybridized carbons (Fsp3) is 0.917. The van der Waals surface area contributed by atoms with Gasteiger partial charge in [-0.2, -0.15) is 0 Å². The average molecular weight is 226 g/mol. The van der Waals surface area contributed by atoms with Crippen LogP contribution in [0.4, 0.5) is 4.79 Å². The van der Waals surface area contributed by atoms with Gasteiger partial charge in [0.15, 0.2) is 0 Å². The lowest BCUT2D eigenvalue weighted by Crippen LogP contribution is -2.59. The summed E-state index contributed by atoms with van der Waals surface area (Å²) in [5, 5.41) is 12.3. The molecule has 16 heavy (non-hydrogen) atoms. The van der Waals surface area contributed by atoms with Gasteiger partial charge in [0.05, 0.1) is 12.1 Å². The SMILES string of the molecule is CC1CCN(C(=O)NC2(CO)CCC2)CC1. The first-order chi connectivity index (χ1) is 7.65. The fourth-order valence-electron chi connectivity index (χ4n) is 2.44. The molecular formula is C12H22N2O2. The molecule has 1 heterocycles. The van der Waals surface area contributed by atoms with Crippen LogP contribution < -0.4 is 5.32 Å². The van der Waals surface area contributed by atoms with Crippen molar-refractivity contribution in [2.24, 2.45) is 5.92 Å². The second-order valence-corrected chi connectivity index (χ2v) is 5.39. The molecule has 1 aliphatic heterocycles. The lowest BCUT2D eigenvalue weighted by molar-refractivity contribution is 0.0837. The minimum atomic E-state index is -0.305. The Morgan fingerprint density at radius 2 is 2.06 bits per heavy atom. The quantitative estimate of drug-likeness (QED) is 0.746. The number of aliphatic hydroxyl groups is 1. The molecule has 1 saturated heterocycles. The molecule has 1 saturated carbocycles. The molecule has 4 nitrogen and oxygen atoms in total. The Bertz CT molecular complexity index is 250. The zero-order chi connectivity index (χ0) is 11.6. The number of rotatable bonds is 2. The van der Waals surface area contributed by atoms with Crippen molar-refractivity contribution >= 4 is 6.03 Å². The Hall–Kier alpha value is -0.770. The van der Waals surface area contributed by atoms with E-state index < -0.39 is 0 Å². The lowest BCUT2D eigenvalue weighted by atomic mass is 9.77. The van der Waals surface area contributed by atoms with Crippen LogP contribution in [-0.4, -0.2) is 41.3 Å². The highest BCUT2D eigenvalue weighted by Crippen LogP contribution is 2.31. The van der Waals surface area contributed by atoms with Crippen LogP contribution in [0.15, 0.2) is 0 Å². The summed E-state index contributed by atoms with van der Waals surface area (Å²) in [6, 6.07) is 0.0145. The Labute approximate surface area is 97.0 Å². The van der Waals surface area contributed by atoms with E-state index in [-0.39, 0.29) is 18.2 Å². The topological polar surface area (TPSA) is 52.6 Å². The molecule has 2 N–H and O–H groups in total. The number of carbonyl (C=O) groups excluding carboxylic acids is 1. The first kappa shape index (κ1) is 11.7. The van der Waals surface area contributed by atoms with Gasteiger partial charge in [-0.1, -0.05) is 6.92 Å². The van der Waals surface area contributed by atoms with Crippen molar-refractivity contribution in [3.05, 3.63) is 0 Å². The molecule has 0 aromatic rings. The molecule has 0 aromatic carbocycles. The van der Waals surface area contributed by atoms with Crippen molar-refractivity contribution in [2.45, 2.75) is 44.6 Å². The Morgan fingerprint density at radius 1 is 1.44 bits per heavy atom. The number of urea groups is 1. The van der Waals surface area contributed by atoms with Crippen LogP contribution in [0, 0.1) is 5.92 Å². The minimum absolute atomic E-state index is 0.0145. The number of carbonyl (C=O) groups is 1. The highest BCUT2D eigenvalue weighted by Gasteiger charge is 2.38. The van der Waals surface area contributed by atoms with E-state index in [4.69, 9.17) is 0 Å². The number of piperidine rings is 1. The predicted molar refractivity (Wildman–Crippen MR) is 62.2 cm³/mol. The summed E-state index contributed by atoms with van der Waals surface area (Å²) < 4.78 is 0. The van der Waals surface area contributed by atoms with Gasteiger partial charge in [-0.3, -0.25) is 0 Å². The van der Waals surface area contributed by atoms with Gasteiger partial charge in [-0.05, 0) is 38.0 Å². The second-order valence-electron chi connectivity index (χ2n) is 5.39. The predicted octanol–water partition coefficient (Wildman–Crippen LogP) is 1.34. The molecule has 2 fully saturated rings. The van der Waals surface area contributed by atoms with E-state index in [0.29, 0.717) is 0 Å². The van der Waals surface area contributed by atoms with Gasteiger partial charge in [0.25, 0.3) is 0 Å². The van der Waals surface area contributed by atoms with E-state index in [1.165, 1.54) is 0 Å². The summed E-state index contributed by atoms with van der Waals surface area (Å²) >= 11 is 0. The third kappa shape index (κ3) is 2.32. The molecule has 2 amide bonds. The van der Waals surface area contributed by atoms with Crippen molar-refractivity contribution < 1.29 is 9.90 Å². The normalized spacial score (nSPS) is 25.0. The molecule has 4 heteroatoms. The molecule has 0 atom stereocenters. The van der Waals surface area contributed by atoms with Crippen LogP contribution in [0.2, 0.25) is 0 Å². The van der Waals surface area contributed by atoms with Gasteiger partial charge in [0.1, 0.15) is 0 Å². The zero-order valence-corrected chi connectivity index (χ0v) is 10.0. The summed E-state index contributed by atoms with van der Waals surface area (Å²) in [4.78, 5) is 13.9. The number of hydrogen-bond acceptors (Lipinski definition) is 2. The first-order valence-electron chi connectivity index (χ1n) is 6.33. The van der Waals surface area contributed by atoms with E-state index >= 15 is 0 Å². The molecule has 0 spiro atoms. The lowest BCUT2D eigenvalue weighted by Gasteiger charge is -2.43. The van der Waals surface area contributed by atoms with Gasteiger partial charge < -0.3 is 15.3 Å². The van der Waals surface area contributed by atoms with E-state index in [9.17, 15) is 9.90 Å². The maximum absolute atomic E-state index is 12.0. The molecule has 0 unspecified atom stereocenters. The standard InChI is InChI=1S/C12H22N2O2/c1-10-3-7-14(8-4-10)11(16)13-12(9-15)5-2-6-12/h10,15H,2-9H2,1H3,(H,13,16). The molecule has 0 bridgehead atoms. The highest BCUT2D eigenvalue weighted by molar-refractivity contribution is 5.75. The summed E-state index contributed by atoms with van der Waals surface area (Å²) in [6.07, 6.45) is 5.13. The van der Waals surface area contributed by atoms with Crippen molar-refractivity contribution in [3.63, 3.8) is 0 Å². The van der Waals surface area contributed by atoms with Crippen molar-refractivity contribution in [1.29, 1.82) is 0 Å². The fourth-order valence-corrected chi connectivity index (χ4v) is 2.44. The molecule has 2 aliphatic rings. The van der Waals surface area contributed by atoms with Gasteiger partial charge in [-0.25, -0.2) is 4.79 Å². The van der Waals surface area contributed by atoms with Gasteiger partial charge in [0.2, 0.25) is 0 Å². The molecule has 92 valence electrons. The maximum atomic E-state index is 12.0. The summed E-state index contributed by atoms with van der Waals surface area (Å²) in [5.41, 5.74) is -0.305. The van der Waals surface area contributed by atoms with Crippen LogP contribution in [0.5, 0.6) is 0 Å². The van der Waals surface area contributed by atoms with Crippen molar-refractivity contribution in [1.82, 2.24) is 10.2 Å². The third-order valence-corrected chi connectivity index (χ3v) is 4.06. The summed E-state index contributed by atoms with van der Waals surface area (Å²) in [6.45, 7) is 4.02. The highest BCUT2D eigenvalue weighted by atomic mass is 16.3. The van der Waals surface area contributed by atoms with Crippen molar-refractivity contribution in [3.8, 4) is 0 Å². The second kappa shape index (κ2) is 4.62. The Kier molecular flexibility index (Phi) is 3.38. The van der Waals surface area contributed by atoms with Crippen LogP contribution in [0.3, 0.4) is 0 Å². The molecule has 1 aliphatic carbocycles. The molecule has 0 radical (unpaired) electrons. The van der Waals surface area contributed by atoms with E-state index in [1.807, 2.05) is 4.90 Å². The van der Waals surface area contributed by atoms with Gasteiger partial charge in [0, 0.05) is 13.1 Å². The Balaban J connectivity index is 1.83. The number of nitrogens with one attached hydrogen (secondary N) is 1.